The highest BCUT2D eigenvalue weighted by molar-refractivity contribution is 6.32. The summed E-state index contributed by atoms with van der Waals surface area (Å²) in [5, 5.41) is 17.5. The minimum atomic E-state index is -0.229. The van der Waals surface area contributed by atoms with Gasteiger partial charge in [-0.2, -0.15) is 5.26 Å². The lowest BCUT2D eigenvalue weighted by Crippen LogP contribution is -2.45. The van der Waals surface area contributed by atoms with Gasteiger partial charge in [0.25, 0.3) is 5.88 Å². The van der Waals surface area contributed by atoms with Crippen molar-refractivity contribution in [3.63, 3.8) is 0 Å². The molecule has 3 heterocycles. The van der Waals surface area contributed by atoms with Crippen LogP contribution in [0.3, 0.4) is 0 Å². The molecule has 1 aliphatic carbocycles. The lowest BCUT2D eigenvalue weighted by molar-refractivity contribution is 0.00503. The van der Waals surface area contributed by atoms with E-state index in [1.807, 2.05) is 36.0 Å². The first-order valence-electron chi connectivity index (χ1n) is 14.7. The minimum Gasteiger partial charge on any atom is -0.487 e. The van der Waals surface area contributed by atoms with Crippen LogP contribution in [-0.2, 0) is 4.74 Å². The van der Waals surface area contributed by atoms with Gasteiger partial charge in [-0.3, -0.25) is 14.6 Å². The Balaban J connectivity index is 1.24. The summed E-state index contributed by atoms with van der Waals surface area (Å²) >= 11 is 6.39. The molecule has 2 fully saturated rings. The maximum atomic E-state index is 9.10. The Labute approximate surface area is 261 Å². The van der Waals surface area contributed by atoms with Crippen molar-refractivity contribution in [2.24, 2.45) is 15.7 Å². The van der Waals surface area contributed by atoms with Crippen LogP contribution in [-0.4, -0.2) is 88.9 Å². The lowest BCUT2D eigenvalue weighted by Gasteiger charge is -2.38. The fraction of sp³-hybridized carbons (Fsp3) is 0.467. The van der Waals surface area contributed by atoms with Crippen molar-refractivity contribution in [2.45, 2.75) is 50.8 Å². The number of aromatic nitrogens is 4. The molecule has 0 spiro atoms. The van der Waals surface area contributed by atoms with Crippen molar-refractivity contribution in [3.05, 3.63) is 41.8 Å². The molecule has 1 atom stereocenters. The van der Waals surface area contributed by atoms with Gasteiger partial charge in [0.2, 0.25) is 5.95 Å². The molecule has 13 nitrogen and oxygen atoms in total. The van der Waals surface area contributed by atoms with Gasteiger partial charge >= 0.3 is 0 Å². The Bertz CT molecular complexity index is 1460. The molecule has 3 aromatic rings. The molecular formula is C30H37ClN10O3. The summed E-state index contributed by atoms with van der Waals surface area (Å²) in [7, 11) is 0. The Hall–Kier alpha value is -4.25. The van der Waals surface area contributed by atoms with Crippen molar-refractivity contribution >= 4 is 35.9 Å². The quantitative estimate of drug-likeness (QED) is 0.221. The molecule has 232 valence electrons. The fourth-order valence-electron chi connectivity index (χ4n) is 5.46. The average Bonchev–Trinajstić information content (AvgIpc) is 3.46. The standard InChI is InChI=1S/C30H37ClN10O3/c1-21(15-34-20-35-19-33)44-28-14-22(2-7-26(28)31)23-16-36-30(37-17-23)38-27-18-41(39-29(27)43-11-8-32)25-5-3-24(4-6-25)40-9-12-42-13-10-40/h2,7,14,16-21,24-25H,3-6,9-13,15H2,1H3,(H2,33,34,35)(H,36,37,38)/t21-,24?,25?/m0/s1. The van der Waals surface area contributed by atoms with E-state index in [1.54, 1.807) is 18.5 Å². The third kappa shape index (κ3) is 8.22. The number of nitrogens with one attached hydrogen (secondary N) is 1. The van der Waals surface area contributed by atoms with Crippen LogP contribution in [0.25, 0.3) is 11.1 Å². The predicted molar refractivity (Wildman–Crippen MR) is 169 cm³/mol. The van der Waals surface area contributed by atoms with Crippen LogP contribution in [0, 0.1) is 11.3 Å². The number of hydrogen-bond acceptors (Lipinski definition) is 10. The van der Waals surface area contributed by atoms with Gasteiger partial charge in [-0.1, -0.05) is 17.7 Å². The van der Waals surface area contributed by atoms with Gasteiger partial charge in [-0.15, -0.1) is 5.10 Å². The summed E-state index contributed by atoms with van der Waals surface area (Å²) in [5.74, 6) is 1.26. The summed E-state index contributed by atoms with van der Waals surface area (Å²) in [4.78, 5) is 19.5. The number of halogens is 1. The van der Waals surface area contributed by atoms with E-state index in [0.29, 0.717) is 40.9 Å². The van der Waals surface area contributed by atoms with E-state index in [2.05, 4.69) is 35.3 Å². The van der Waals surface area contributed by atoms with Crippen molar-refractivity contribution in [1.29, 1.82) is 5.26 Å². The zero-order valence-corrected chi connectivity index (χ0v) is 25.4. The lowest BCUT2D eigenvalue weighted by atomic mass is 9.90. The number of nitriles is 1. The molecule has 1 saturated carbocycles. The van der Waals surface area contributed by atoms with Gasteiger partial charge in [0.1, 0.15) is 29.9 Å². The molecule has 0 bridgehead atoms. The van der Waals surface area contributed by atoms with Crippen LogP contribution in [0.4, 0.5) is 11.6 Å². The summed E-state index contributed by atoms with van der Waals surface area (Å²) in [6, 6.07) is 8.36. The Morgan fingerprint density at radius 3 is 2.66 bits per heavy atom. The number of nitrogens with zero attached hydrogens (tertiary/aromatic N) is 8. The van der Waals surface area contributed by atoms with E-state index >= 15 is 0 Å². The van der Waals surface area contributed by atoms with Crippen molar-refractivity contribution in [2.75, 3.05) is 44.8 Å². The molecule has 2 aromatic heterocycles. The first kappa shape index (κ1) is 31.2. The number of ether oxygens (including phenoxy) is 3. The van der Waals surface area contributed by atoms with E-state index < -0.39 is 0 Å². The van der Waals surface area contributed by atoms with Crippen LogP contribution in [0.15, 0.2) is 46.8 Å². The van der Waals surface area contributed by atoms with E-state index in [-0.39, 0.29) is 18.8 Å². The molecule has 0 amide bonds. The van der Waals surface area contributed by atoms with Crippen LogP contribution >= 0.6 is 11.6 Å². The second kappa shape index (κ2) is 15.5. The number of rotatable bonds is 12. The van der Waals surface area contributed by atoms with Crippen LogP contribution in [0.2, 0.25) is 5.02 Å². The SMILES string of the molecule is C[C@@H](CN=CN=CN)Oc1cc(-c2cnc(Nc3cn(C4CCC(N5CCOCC5)CC4)nc3OCC#N)nc2)ccc1Cl. The highest BCUT2D eigenvalue weighted by Gasteiger charge is 2.29. The molecule has 3 N–H and O–H groups in total. The average molecular weight is 621 g/mol. The first-order chi connectivity index (χ1) is 21.5. The topological polar surface area (TPSA) is 161 Å². The second-order valence-electron chi connectivity index (χ2n) is 10.7. The third-order valence-corrected chi connectivity index (χ3v) is 7.97. The minimum absolute atomic E-state index is 0.108. The largest absolute Gasteiger partial charge is 0.487 e. The monoisotopic (exact) mass is 620 g/mol. The van der Waals surface area contributed by atoms with E-state index in [9.17, 15) is 0 Å². The zero-order chi connectivity index (χ0) is 30.7. The Kier molecular flexibility index (Phi) is 11.0. The van der Waals surface area contributed by atoms with Gasteiger partial charge in [-0.25, -0.2) is 15.0 Å². The van der Waals surface area contributed by atoms with E-state index in [0.717, 1.165) is 63.1 Å². The summed E-state index contributed by atoms with van der Waals surface area (Å²) in [6.45, 7) is 5.82. The van der Waals surface area contributed by atoms with Gasteiger partial charge in [0.05, 0.1) is 43.4 Å². The van der Waals surface area contributed by atoms with Crippen molar-refractivity contribution < 1.29 is 14.2 Å². The number of anilines is 2. The number of morpholine rings is 1. The maximum Gasteiger partial charge on any atom is 0.257 e. The highest BCUT2D eigenvalue weighted by atomic mass is 35.5. The Morgan fingerprint density at radius 2 is 1.93 bits per heavy atom. The fourth-order valence-corrected chi connectivity index (χ4v) is 5.62. The maximum absolute atomic E-state index is 9.10. The predicted octanol–water partition coefficient (Wildman–Crippen LogP) is 4.24. The summed E-state index contributed by atoms with van der Waals surface area (Å²) < 4.78 is 19.1. The molecule has 2 aliphatic rings. The van der Waals surface area contributed by atoms with Gasteiger partial charge in [0.15, 0.2) is 6.61 Å². The van der Waals surface area contributed by atoms with Crippen LogP contribution in [0.1, 0.15) is 38.6 Å². The van der Waals surface area contributed by atoms with E-state index in [1.165, 1.54) is 12.7 Å². The zero-order valence-electron chi connectivity index (χ0n) is 24.7. The molecule has 14 heteroatoms. The van der Waals surface area contributed by atoms with Crippen LogP contribution < -0.4 is 20.5 Å². The molecule has 1 aromatic carbocycles. The summed E-state index contributed by atoms with van der Waals surface area (Å²) in [5.41, 5.74) is 7.46. The molecule has 44 heavy (non-hydrogen) atoms. The van der Waals surface area contributed by atoms with Gasteiger partial charge in [-0.05, 0) is 50.3 Å². The highest BCUT2D eigenvalue weighted by Crippen LogP contribution is 2.35. The third-order valence-electron chi connectivity index (χ3n) is 7.66. The molecule has 1 saturated heterocycles. The molecule has 0 radical (unpaired) electrons. The smallest absolute Gasteiger partial charge is 0.257 e. The normalized spacial score (nSPS) is 20.0. The Morgan fingerprint density at radius 1 is 1.18 bits per heavy atom. The molecule has 0 unspecified atom stereocenters. The van der Waals surface area contributed by atoms with Gasteiger partial charge < -0.3 is 25.3 Å². The number of hydrogen-bond donors (Lipinski definition) is 2. The summed E-state index contributed by atoms with van der Waals surface area (Å²) in [6.07, 6.45) is 11.9. The number of nitrogens with two attached hydrogens (primary N) is 1. The number of benzene rings is 1. The first-order valence-corrected chi connectivity index (χ1v) is 15.1. The van der Waals surface area contributed by atoms with E-state index in [4.69, 9.17) is 36.8 Å². The molecule has 1 aliphatic heterocycles. The molecular weight excluding hydrogens is 584 g/mol. The second-order valence-corrected chi connectivity index (χ2v) is 11.1. The van der Waals surface area contributed by atoms with Crippen molar-refractivity contribution in [1.82, 2.24) is 24.6 Å². The molecule has 5 rings (SSSR count). The van der Waals surface area contributed by atoms with Crippen LogP contribution in [0.5, 0.6) is 11.6 Å². The number of aliphatic imine (C=N–C) groups is 2. The van der Waals surface area contributed by atoms with Crippen molar-refractivity contribution in [3.8, 4) is 28.8 Å². The van der Waals surface area contributed by atoms with Gasteiger partial charge in [0, 0.05) is 37.1 Å².